The van der Waals surface area contributed by atoms with Crippen LogP contribution in [0.25, 0.3) is 0 Å². The van der Waals surface area contributed by atoms with Crippen LogP contribution in [0.2, 0.25) is 5.15 Å². The predicted molar refractivity (Wildman–Crippen MR) is 57.6 cm³/mol. The van der Waals surface area contributed by atoms with Crippen molar-refractivity contribution < 1.29 is 0 Å². The third kappa shape index (κ3) is 2.34. The van der Waals surface area contributed by atoms with E-state index < -0.39 is 0 Å². The highest BCUT2D eigenvalue weighted by molar-refractivity contribution is 7.99. The number of anilines is 1. The number of nitrogens with two attached hydrogens (primary N) is 1. The van der Waals surface area contributed by atoms with E-state index in [0.29, 0.717) is 15.7 Å². The van der Waals surface area contributed by atoms with Crippen LogP contribution in [-0.4, -0.2) is 19.9 Å². The van der Waals surface area contributed by atoms with Gasteiger partial charge in [-0.15, -0.1) is 0 Å². The zero-order valence-electron chi connectivity index (χ0n) is 7.46. The largest absolute Gasteiger partial charge is 0.394 e. The van der Waals surface area contributed by atoms with Gasteiger partial charge in [-0.2, -0.15) is 0 Å². The lowest BCUT2D eigenvalue weighted by atomic mass is 10.6. The van der Waals surface area contributed by atoms with Crippen LogP contribution in [0.15, 0.2) is 35.0 Å². The van der Waals surface area contributed by atoms with E-state index in [1.54, 1.807) is 18.6 Å². The molecule has 7 heteroatoms. The van der Waals surface area contributed by atoms with Crippen LogP contribution in [0.5, 0.6) is 0 Å². The van der Waals surface area contributed by atoms with Gasteiger partial charge in [-0.3, -0.25) is 4.98 Å². The van der Waals surface area contributed by atoms with Crippen molar-refractivity contribution in [1.29, 1.82) is 0 Å². The predicted octanol–water partition coefficient (Wildman–Crippen LogP) is 1.65. The fraction of sp³-hybridized carbons (Fsp3) is 0. The highest BCUT2D eigenvalue weighted by Crippen LogP contribution is 2.30. The monoisotopic (exact) mass is 239 g/mol. The van der Waals surface area contributed by atoms with Crippen molar-refractivity contribution in [2.75, 3.05) is 5.73 Å². The van der Waals surface area contributed by atoms with Crippen molar-refractivity contribution in [3.05, 3.63) is 30.1 Å². The molecule has 2 aromatic rings. The maximum absolute atomic E-state index is 5.75. The minimum absolute atomic E-state index is 0.247. The van der Waals surface area contributed by atoms with Crippen molar-refractivity contribution in [2.45, 2.75) is 10.1 Å². The van der Waals surface area contributed by atoms with E-state index in [0.717, 1.165) is 0 Å². The van der Waals surface area contributed by atoms with Gasteiger partial charge in [0, 0.05) is 12.4 Å². The van der Waals surface area contributed by atoms with Crippen LogP contribution in [0.3, 0.4) is 0 Å². The normalized spacial score (nSPS) is 10.2. The topological polar surface area (TPSA) is 77.6 Å². The zero-order chi connectivity index (χ0) is 10.7. The Morgan fingerprint density at radius 2 is 2.07 bits per heavy atom. The van der Waals surface area contributed by atoms with Crippen molar-refractivity contribution >= 4 is 29.1 Å². The Kier molecular flexibility index (Phi) is 2.98. The van der Waals surface area contributed by atoms with Gasteiger partial charge in [-0.25, -0.2) is 15.0 Å². The minimum Gasteiger partial charge on any atom is -0.394 e. The van der Waals surface area contributed by atoms with Gasteiger partial charge in [0.1, 0.15) is 22.1 Å². The molecule has 0 saturated carbocycles. The van der Waals surface area contributed by atoms with E-state index in [4.69, 9.17) is 17.3 Å². The van der Waals surface area contributed by atoms with Crippen molar-refractivity contribution in [2.24, 2.45) is 0 Å². The van der Waals surface area contributed by atoms with Crippen LogP contribution in [0, 0.1) is 0 Å². The van der Waals surface area contributed by atoms with Crippen LogP contribution in [0.4, 0.5) is 5.69 Å². The summed E-state index contributed by atoms with van der Waals surface area (Å²) >= 11 is 7.05. The van der Waals surface area contributed by atoms with E-state index in [-0.39, 0.29) is 5.15 Å². The molecule has 0 aliphatic rings. The summed E-state index contributed by atoms with van der Waals surface area (Å²) in [5.41, 5.74) is 6.06. The molecule has 0 aliphatic heterocycles. The highest BCUT2D eigenvalue weighted by Gasteiger charge is 2.08. The van der Waals surface area contributed by atoms with Gasteiger partial charge in [0.25, 0.3) is 0 Å². The molecule has 0 aliphatic carbocycles. The molecule has 5 nitrogen and oxygen atoms in total. The molecule has 0 bridgehead atoms. The number of nitrogen functional groups attached to an aromatic ring is 1. The summed E-state index contributed by atoms with van der Waals surface area (Å²) in [6.07, 6.45) is 6.18. The van der Waals surface area contributed by atoms with E-state index in [1.807, 2.05) is 0 Å². The van der Waals surface area contributed by atoms with E-state index in [1.165, 1.54) is 18.1 Å². The lowest BCUT2D eigenvalue weighted by Crippen LogP contribution is -1.95. The fourth-order valence-corrected chi connectivity index (χ4v) is 1.80. The second-order valence-electron chi connectivity index (χ2n) is 2.53. The van der Waals surface area contributed by atoms with E-state index in [2.05, 4.69) is 19.9 Å². The van der Waals surface area contributed by atoms with Crippen LogP contribution < -0.4 is 5.73 Å². The average molecular weight is 240 g/mol. The lowest BCUT2D eigenvalue weighted by Gasteiger charge is -2.03. The smallest absolute Gasteiger partial charge is 0.156 e. The fourth-order valence-electron chi connectivity index (χ4n) is 0.878. The summed E-state index contributed by atoms with van der Waals surface area (Å²) in [7, 11) is 0. The Hall–Kier alpha value is -1.40. The summed E-state index contributed by atoms with van der Waals surface area (Å²) in [4.78, 5) is 15.8. The summed E-state index contributed by atoms with van der Waals surface area (Å²) in [5, 5.41) is 1.53. The Labute approximate surface area is 95.1 Å². The molecule has 0 aromatic carbocycles. The molecule has 0 unspecified atom stereocenters. The highest BCUT2D eigenvalue weighted by atomic mass is 35.5. The first-order valence-corrected chi connectivity index (χ1v) is 5.16. The molecule has 0 amide bonds. The summed E-state index contributed by atoms with van der Waals surface area (Å²) in [6.45, 7) is 0. The Morgan fingerprint density at radius 1 is 1.20 bits per heavy atom. The maximum Gasteiger partial charge on any atom is 0.156 e. The second kappa shape index (κ2) is 4.41. The third-order valence-electron chi connectivity index (χ3n) is 1.54. The summed E-state index contributed by atoms with van der Waals surface area (Å²) < 4.78 is 0. The quantitative estimate of drug-likeness (QED) is 0.803. The second-order valence-corrected chi connectivity index (χ2v) is 3.90. The van der Waals surface area contributed by atoms with Gasteiger partial charge in [0.15, 0.2) is 5.15 Å². The first-order valence-electron chi connectivity index (χ1n) is 3.97. The number of aromatic nitrogens is 4. The van der Waals surface area contributed by atoms with Gasteiger partial charge < -0.3 is 5.73 Å². The molecular weight excluding hydrogens is 234 g/mol. The molecule has 0 atom stereocenters. The van der Waals surface area contributed by atoms with Gasteiger partial charge in [-0.1, -0.05) is 11.6 Å². The van der Waals surface area contributed by atoms with Gasteiger partial charge >= 0.3 is 0 Å². The third-order valence-corrected chi connectivity index (χ3v) is 2.78. The molecule has 15 heavy (non-hydrogen) atoms. The van der Waals surface area contributed by atoms with Crippen molar-refractivity contribution in [3.63, 3.8) is 0 Å². The standard InChI is InChI=1S/C8H6ClN5S/c9-7-6(10)8(14-4-13-7)15-5-3-11-1-2-12-5/h1-4H,10H2. The Bertz CT molecular complexity index is 464. The molecular formula is C8H6ClN5S. The summed E-state index contributed by atoms with van der Waals surface area (Å²) in [5.74, 6) is 0. The molecule has 0 spiro atoms. The van der Waals surface area contributed by atoms with E-state index in [9.17, 15) is 0 Å². The lowest BCUT2D eigenvalue weighted by molar-refractivity contribution is 1.02. The SMILES string of the molecule is Nc1c(Cl)ncnc1Sc1cnccn1. The summed E-state index contributed by atoms with van der Waals surface area (Å²) in [6, 6.07) is 0. The minimum atomic E-state index is 0.247. The van der Waals surface area contributed by atoms with Crippen LogP contribution >= 0.6 is 23.4 Å². The number of hydrogen-bond acceptors (Lipinski definition) is 6. The number of nitrogens with zero attached hydrogens (tertiary/aromatic N) is 4. The number of halogens is 1. The molecule has 0 saturated heterocycles. The first-order chi connectivity index (χ1) is 7.27. The van der Waals surface area contributed by atoms with Crippen molar-refractivity contribution in [3.8, 4) is 0 Å². The molecule has 2 heterocycles. The Morgan fingerprint density at radius 3 is 2.80 bits per heavy atom. The van der Waals surface area contributed by atoms with Gasteiger partial charge in [0.2, 0.25) is 0 Å². The molecule has 2 N–H and O–H groups in total. The molecule has 2 aromatic heterocycles. The maximum atomic E-state index is 5.75. The molecule has 2 rings (SSSR count). The number of rotatable bonds is 2. The van der Waals surface area contributed by atoms with Crippen LogP contribution in [0.1, 0.15) is 0 Å². The average Bonchev–Trinajstić information content (AvgIpc) is 2.26. The van der Waals surface area contributed by atoms with Crippen molar-refractivity contribution in [1.82, 2.24) is 19.9 Å². The van der Waals surface area contributed by atoms with Gasteiger partial charge in [-0.05, 0) is 11.8 Å². The Balaban J connectivity index is 2.29. The number of hydrogen-bond donors (Lipinski definition) is 1. The first kappa shape index (κ1) is 10.1. The van der Waals surface area contributed by atoms with E-state index >= 15 is 0 Å². The zero-order valence-corrected chi connectivity index (χ0v) is 9.03. The molecule has 0 radical (unpaired) electrons. The van der Waals surface area contributed by atoms with Crippen LogP contribution in [-0.2, 0) is 0 Å². The van der Waals surface area contributed by atoms with Gasteiger partial charge in [0.05, 0.1) is 6.20 Å². The molecule has 76 valence electrons. The molecule has 0 fully saturated rings.